The van der Waals surface area contributed by atoms with E-state index in [1.165, 1.54) is 6.07 Å². The molecule has 4 rings (SSSR count). The van der Waals surface area contributed by atoms with Gasteiger partial charge in [0.15, 0.2) is 0 Å². The molecule has 2 fully saturated rings. The zero-order valence-electron chi connectivity index (χ0n) is 15.5. The van der Waals surface area contributed by atoms with Gasteiger partial charge >= 0.3 is 0 Å². The summed E-state index contributed by atoms with van der Waals surface area (Å²) in [7, 11) is 0. The van der Waals surface area contributed by atoms with Crippen LogP contribution < -0.4 is 10.3 Å². The van der Waals surface area contributed by atoms with Gasteiger partial charge < -0.3 is 14.6 Å². The molecule has 6 nitrogen and oxygen atoms in total. The van der Waals surface area contributed by atoms with Crippen molar-refractivity contribution in [2.75, 3.05) is 19.7 Å². The highest BCUT2D eigenvalue weighted by atomic mass is 19.1. The Hall–Kier alpha value is -2.44. The lowest BCUT2D eigenvalue weighted by Gasteiger charge is -2.31. The molecule has 27 heavy (non-hydrogen) atoms. The summed E-state index contributed by atoms with van der Waals surface area (Å²) in [6, 6.07) is 2.90. The fourth-order valence-electron chi connectivity index (χ4n) is 3.65. The number of ether oxygens (including phenoxy) is 1. The van der Waals surface area contributed by atoms with Crippen molar-refractivity contribution >= 4 is 16.8 Å². The van der Waals surface area contributed by atoms with Crippen molar-refractivity contribution in [1.29, 1.82) is 0 Å². The van der Waals surface area contributed by atoms with Gasteiger partial charge in [-0.25, -0.2) is 9.37 Å². The highest BCUT2D eigenvalue weighted by Gasteiger charge is 2.24. The molecule has 2 aromatic rings. The van der Waals surface area contributed by atoms with Gasteiger partial charge in [0.25, 0.3) is 5.56 Å². The van der Waals surface area contributed by atoms with Gasteiger partial charge in [0, 0.05) is 38.6 Å². The van der Waals surface area contributed by atoms with Crippen molar-refractivity contribution in [2.24, 2.45) is 11.8 Å². The molecule has 0 unspecified atom stereocenters. The number of amides is 1. The van der Waals surface area contributed by atoms with Crippen LogP contribution in [0.25, 0.3) is 10.9 Å². The third kappa shape index (κ3) is 4.12. The number of hydrogen-bond donors (Lipinski definition) is 1. The summed E-state index contributed by atoms with van der Waals surface area (Å²) in [5, 5.41) is -0.0170. The lowest BCUT2D eigenvalue weighted by Crippen LogP contribution is -2.38. The molecular formula is C20H24FN3O3. The van der Waals surface area contributed by atoms with Gasteiger partial charge in [-0.15, -0.1) is 0 Å². The maximum atomic E-state index is 14.4. The minimum absolute atomic E-state index is 0.0170. The number of carbonyl (C=O) groups excluding carboxylic acids is 1. The third-order valence-electron chi connectivity index (χ3n) is 5.51. The SMILES string of the molecule is CC(=O)N1CCC(COc2cc(F)c3c(=O)[nH]c(CC4CC4)nc3c2)CC1. The van der Waals surface area contributed by atoms with Crippen molar-refractivity contribution in [3.63, 3.8) is 0 Å². The normalized spacial score (nSPS) is 18.1. The van der Waals surface area contributed by atoms with E-state index in [0.29, 0.717) is 35.5 Å². The predicted octanol–water partition coefficient (Wildman–Crippen LogP) is 2.65. The first-order chi connectivity index (χ1) is 13.0. The fourth-order valence-corrected chi connectivity index (χ4v) is 3.65. The average molecular weight is 373 g/mol. The highest BCUT2D eigenvalue weighted by molar-refractivity contribution is 5.79. The number of benzene rings is 1. The molecule has 0 bridgehead atoms. The van der Waals surface area contributed by atoms with Crippen molar-refractivity contribution in [2.45, 2.75) is 39.0 Å². The van der Waals surface area contributed by atoms with E-state index in [-0.39, 0.29) is 11.3 Å². The molecule has 7 heteroatoms. The van der Waals surface area contributed by atoms with Gasteiger partial charge in [-0.1, -0.05) is 0 Å². The molecule has 144 valence electrons. The number of rotatable bonds is 5. The van der Waals surface area contributed by atoms with Crippen LogP contribution in [0, 0.1) is 17.7 Å². The number of carbonyl (C=O) groups is 1. The fraction of sp³-hybridized carbons (Fsp3) is 0.550. The van der Waals surface area contributed by atoms with E-state index in [0.717, 1.165) is 45.2 Å². The maximum absolute atomic E-state index is 14.4. The molecule has 0 radical (unpaired) electrons. The third-order valence-corrected chi connectivity index (χ3v) is 5.51. The number of H-pyrrole nitrogens is 1. The molecular weight excluding hydrogens is 349 g/mol. The molecule has 1 N–H and O–H groups in total. The van der Waals surface area contributed by atoms with E-state index in [1.807, 2.05) is 4.90 Å². The zero-order valence-corrected chi connectivity index (χ0v) is 15.5. The molecule has 0 spiro atoms. The molecule has 2 aliphatic rings. The zero-order chi connectivity index (χ0) is 19.0. The molecule has 0 atom stereocenters. The Morgan fingerprint density at radius 1 is 1.26 bits per heavy atom. The molecule has 1 aliphatic heterocycles. The molecule has 1 amide bonds. The number of hydrogen-bond acceptors (Lipinski definition) is 4. The lowest BCUT2D eigenvalue weighted by molar-refractivity contribution is -0.130. The van der Waals surface area contributed by atoms with E-state index in [4.69, 9.17) is 4.74 Å². The van der Waals surface area contributed by atoms with Crippen LogP contribution in [0.3, 0.4) is 0 Å². The van der Waals surface area contributed by atoms with Crippen LogP contribution in [0.4, 0.5) is 4.39 Å². The van der Waals surface area contributed by atoms with Crippen LogP contribution in [-0.2, 0) is 11.2 Å². The smallest absolute Gasteiger partial charge is 0.261 e. The quantitative estimate of drug-likeness (QED) is 0.874. The second kappa shape index (κ2) is 7.29. The molecule has 2 heterocycles. The summed E-state index contributed by atoms with van der Waals surface area (Å²) in [4.78, 5) is 32.6. The standard InChI is InChI=1S/C20H24FN3O3/c1-12(25)24-6-4-14(5-7-24)11-27-15-9-16(21)19-17(10-15)22-18(23-20(19)26)8-13-2-3-13/h9-10,13-14H,2-8,11H2,1H3,(H,22,23,26). The van der Waals surface area contributed by atoms with E-state index < -0.39 is 11.4 Å². The van der Waals surface area contributed by atoms with Crippen molar-refractivity contribution in [3.8, 4) is 5.75 Å². The van der Waals surface area contributed by atoms with Crippen LogP contribution >= 0.6 is 0 Å². The minimum atomic E-state index is -0.611. The van der Waals surface area contributed by atoms with Gasteiger partial charge in [-0.05, 0) is 37.5 Å². The van der Waals surface area contributed by atoms with E-state index >= 15 is 0 Å². The van der Waals surface area contributed by atoms with Crippen LogP contribution in [0.2, 0.25) is 0 Å². The van der Waals surface area contributed by atoms with Gasteiger partial charge in [0.2, 0.25) is 5.91 Å². The number of likely N-dealkylation sites (tertiary alicyclic amines) is 1. The second-order valence-electron chi connectivity index (χ2n) is 7.72. The Kier molecular flexibility index (Phi) is 4.85. The molecule has 1 aliphatic carbocycles. The first-order valence-corrected chi connectivity index (χ1v) is 9.60. The number of fused-ring (bicyclic) bond motifs is 1. The number of aromatic nitrogens is 2. The largest absolute Gasteiger partial charge is 0.493 e. The van der Waals surface area contributed by atoms with Crippen LogP contribution in [0.5, 0.6) is 5.75 Å². The summed E-state index contributed by atoms with van der Waals surface area (Å²) in [5.74, 6) is 1.41. The summed E-state index contributed by atoms with van der Waals surface area (Å²) in [6.45, 7) is 3.52. The highest BCUT2D eigenvalue weighted by Crippen LogP contribution is 2.32. The Morgan fingerprint density at radius 3 is 2.67 bits per heavy atom. The van der Waals surface area contributed by atoms with E-state index in [1.54, 1.807) is 13.0 Å². The average Bonchev–Trinajstić information content (AvgIpc) is 3.43. The van der Waals surface area contributed by atoms with Crippen molar-refractivity contribution < 1.29 is 13.9 Å². The van der Waals surface area contributed by atoms with Crippen LogP contribution in [0.15, 0.2) is 16.9 Å². The first kappa shape index (κ1) is 17.9. The minimum Gasteiger partial charge on any atom is -0.493 e. The topological polar surface area (TPSA) is 75.3 Å². The number of piperidine rings is 1. The number of nitrogens with zero attached hydrogens (tertiary/aromatic N) is 2. The van der Waals surface area contributed by atoms with Gasteiger partial charge in [0.05, 0.1) is 12.1 Å². The second-order valence-corrected chi connectivity index (χ2v) is 7.72. The van der Waals surface area contributed by atoms with Gasteiger partial charge in [-0.3, -0.25) is 9.59 Å². The van der Waals surface area contributed by atoms with E-state index in [9.17, 15) is 14.0 Å². The molecule has 1 aromatic heterocycles. The molecule has 1 saturated carbocycles. The monoisotopic (exact) mass is 373 g/mol. The van der Waals surface area contributed by atoms with Crippen LogP contribution in [-0.4, -0.2) is 40.5 Å². The Bertz CT molecular complexity index is 915. The van der Waals surface area contributed by atoms with E-state index in [2.05, 4.69) is 9.97 Å². The lowest BCUT2D eigenvalue weighted by atomic mass is 9.98. The Labute approximate surface area is 156 Å². The summed E-state index contributed by atoms with van der Waals surface area (Å²) in [5.41, 5.74) is -0.0906. The van der Waals surface area contributed by atoms with Gasteiger partial charge in [-0.2, -0.15) is 0 Å². The van der Waals surface area contributed by atoms with Gasteiger partial charge in [0.1, 0.15) is 22.8 Å². The Balaban J connectivity index is 1.47. The van der Waals surface area contributed by atoms with Crippen LogP contribution in [0.1, 0.15) is 38.4 Å². The number of nitrogens with one attached hydrogen (secondary N) is 1. The summed E-state index contributed by atoms with van der Waals surface area (Å²) < 4.78 is 20.2. The first-order valence-electron chi connectivity index (χ1n) is 9.60. The maximum Gasteiger partial charge on any atom is 0.261 e. The van der Waals surface area contributed by atoms with Crippen molar-refractivity contribution in [3.05, 3.63) is 34.1 Å². The van der Waals surface area contributed by atoms with Crippen molar-refractivity contribution in [1.82, 2.24) is 14.9 Å². The summed E-state index contributed by atoms with van der Waals surface area (Å²) >= 11 is 0. The predicted molar refractivity (Wildman–Crippen MR) is 99.2 cm³/mol. The molecule has 1 aromatic carbocycles. The number of aromatic amines is 1. The Morgan fingerprint density at radius 2 is 2.00 bits per heavy atom. The summed E-state index contributed by atoms with van der Waals surface area (Å²) in [6.07, 6.45) is 4.79. The molecule has 1 saturated heterocycles. The number of halogens is 1.